The molecule has 5 nitrogen and oxygen atoms in total. The first-order chi connectivity index (χ1) is 12.6. The second-order valence-corrected chi connectivity index (χ2v) is 6.64. The predicted molar refractivity (Wildman–Crippen MR) is 111 cm³/mol. The second kappa shape index (κ2) is 8.27. The molecule has 6 heteroatoms. The second-order valence-electron chi connectivity index (χ2n) is 6.26. The molecule has 138 valence electrons. The van der Waals surface area contributed by atoms with E-state index in [-0.39, 0.29) is 0 Å². The molecule has 0 saturated carbocycles. The Morgan fingerprint density at radius 3 is 2.38 bits per heavy atom. The predicted octanol–water partition coefficient (Wildman–Crippen LogP) is 3.53. The largest absolute Gasteiger partial charge is 0.497 e. The number of benzene rings is 2. The molecule has 1 fully saturated rings. The Morgan fingerprint density at radius 1 is 1.00 bits per heavy atom. The summed E-state index contributed by atoms with van der Waals surface area (Å²) in [4.78, 5) is 4.62. The Labute approximate surface area is 160 Å². The number of hydrogen-bond donors (Lipinski definition) is 1. The molecule has 0 aliphatic carbocycles. The van der Waals surface area contributed by atoms with Gasteiger partial charge < -0.3 is 24.6 Å². The Balaban J connectivity index is 1.61. The van der Waals surface area contributed by atoms with Gasteiger partial charge in [-0.05, 0) is 42.9 Å². The lowest BCUT2D eigenvalue weighted by atomic mass is 10.1. The molecule has 0 bridgehead atoms. The Bertz CT molecular complexity index is 773. The summed E-state index contributed by atoms with van der Waals surface area (Å²) in [7, 11) is 3.28. The zero-order valence-corrected chi connectivity index (χ0v) is 16.3. The molecule has 1 heterocycles. The van der Waals surface area contributed by atoms with Crippen LogP contribution >= 0.6 is 12.2 Å². The first-order valence-electron chi connectivity index (χ1n) is 8.71. The van der Waals surface area contributed by atoms with Gasteiger partial charge in [0.25, 0.3) is 0 Å². The summed E-state index contributed by atoms with van der Waals surface area (Å²) in [5.74, 6) is 1.47. The lowest BCUT2D eigenvalue weighted by molar-refractivity contribution is 0.388. The van der Waals surface area contributed by atoms with Gasteiger partial charge in [-0.1, -0.05) is 18.2 Å². The maximum Gasteiger partial charge on any atom is 0.173 e. The van der Waals surface area contributed by atoms with Crippen LogP contribution in [0, 0.1) is 6.92 Å². The van der Waals surface area contributed by atoms with Gasteiger partial charge in [-0.25, -0.2) is 0 Å². The monoisotopic (exact) mass is 371 g/mol. The maximum absolute atomic E-state index is 5.62. The quantitative estimate of drug-likeness (QED) is 0.829. The van der Waals surface area contributed by atoms with E-state index in [0.717, 1.165) is 42.7 Å². The van der Waals surface area contributed by atoms with Crippen LogP contribution in [0.4, 0.5) is 11.4 Å². The van der Waals surface area contributed by atoms with E-state index in [1.807, 2.05) is 18.2 Å². The van der Waals surface area contributed by atoms with Crippen LogP contribution in [0.1, 0.15) is 5.56 Å². The number of rotatable bonds is 4. The van der Waals surface area contributed by atoms with E-state index in [2.05, 4.69) is 46.3 Å². The average molecular weight is 372 g/mol. The number of aryl methyl sites for hydroxylation is 1. The van der Waals surface area contributed by atoms with Crippen molar-refractivity contribution in [2.24, 2.45) is 0 Å². The third kappa shape index (κ3) is 4.02. The summed E-state index contributed by atoms with van der Waals surface area (Å²) in [6.45, 7) is 5.83. The minimum Gasteiger partial charge on any atom is -0.497 e. The van der Waals surface area contributed by atoms with E-state index in [1.54, 1.807) is 14.2 Å². The number of piperazine rings is 1. The van der Waals surface area contributed by atoms with Crippen molar-refractivity contribution in [2.45, 2.75) is 6.92 Å². The lowest BCUT2D eigenvalue weighted by Gasteiger charge is -2.38. The fraction of sp³-hybridized carbons (Fsp3) is 0.350. The summed E-state index contributed by atoms with van der Waals surface area (Å²) in [5, 5.41) is 4.03. The minimum atomic E-state index is 0.713. The fourth-order valence-corrected chi connectivity index (χ4v) is 3.46. The van der Waals surface area contributed by atoms with Crippen LogP contribution < -0.4 is 19.7 Å². The van der Waals surface area contributed by atoms with Crippen LogP contribution in [0.5, 0.6) is 11.5 Å². The molecule has 0 amide bonds. The zero-order chi connectivity index (χ0) is 18.5. The topological polar surface area (TPSA) is 37.0 Å². The molecular weight excluding hydrogens is 346 g/mol. The number of methoxy groups -OCH3 is 2. The van der Waals surface area contributed by atoms with Crippen molar-refractivity contribution in [2.75, 3.05) is 50.6 Å². The van der Waals surface area contributed by atoms with Gasteiger partial charge in [-0.3, -0.25) is 0 Å². The number of nitrogens with one attached hydrogen (secondary N) is 1. The van der Waals surface area contributed by atoms with Crippen LogP contribution in [-0.4, -0.2) is 50.4 Å². The van der Waals surface area contributed by atoms with Crippen LogP contribution in [0.3, 0.4) is 0 Å². The first-order valence-corrected chi connectivity index (χ1v) is 9.11. The molecule has 3 rings (SSSR count). The van der Waals surface area contributed by atoms with Crippen LogP contribution in [0.15, 0.2) is 42.5 Å². The van der Waals surface area contributed by atoms with Gasteiger partial charge in [0.05, 0.1) is 19.9 Å². The van der Waals surface area contributed by atoms with Crippen molar-refractivity contribution in [3.63, 3.8) is 0 Å². The van der Waals surface area contributed by atoms with Crippen molar-refractivity contribution in [3.8, 4) is 11.5 Å². The number of para-hydroxylation sites is 1. The highest BCUT2D eigenvalue weighted by Gasteiger charge is 2.20. The number of hydrogen-bond acceptors (Lipinski definition) is 4. The maximum atomic E-state index is 5.62. The SMILES string of the molecule is COc1ccc(NC(=S)N2CCN(c3ccccc3C)CC2)c(OC)c1. The highest BCUT2D eigenvalue weighted by atomic mass is 32.1. The van der Waals surface area contributed by atoms with Crippen molar-refractivity contribution >= 4 is 28.7 Å². The van der Waals surface area contributed by atoms with Crippen molar-refractivity contribution < 1.29 is 9.47 Å². The van der Waals surface area contributed by atoms with E-state index in [0.29, 0.717) is 5.75 Å². The van der Waals surface area contributed by atoms with Gasteiger partial charge in [0, 0.05) is 37.9 Å². The van der Waals surface area contributed by atoms with Gasteiger partial charge >= 0.3 is 0 Å². The molecule has 2 aromatic carbocycles. The van der Waals surface area contributed by atoms with Crippen LogP contribution in [-0.2, 0) is 0 Å². The van der Waals surface area contributed by atoms with Gasteiger partial charge in [0.15, 0.2) is 5.11 Å². The number of ether oxygens (including phenoxy) is 2. The summed E-state index contributed by atoms with van der Waals surface area (Å²) in [6.07, 6.45) is 0. The molecule has 0 unspecified atom stereocenters. The molecular formula is C20H25N3O2S. The lowest BCUT2D eigenvalue weighted by Crippen LogP contribution is -2.50. The Kier molecular flexibility index (Phi) is 5.83. The minimum absolute atomic E-state index is 0.713. The molecule has 26 heavy (non-hydrogen) atoms. The number of anilines is 2. The van der Waals surface area contributed by atoms with Crippen LogP contribution in [0.2, 0.25) is 0 Å². The van der Waals surface area contributed by atoms with E-state index in [9.17, 15) is 0 Å². The molecule has 1 N–H and O–H groups in total. The fourth-order valence-electron chi connectivity index (χ4n) is 3.16. The van der Waals surface area contributed by atoms with Gasteiger partial charge in [-0.15, -0.1) is 0 Å². The molecule has 2 aromatic rings. The average Bonchev–Trinajstić information content (AvgIpc) is 2.68. The highest BCUT2D eigenvalue weighted by molar-refractivity contribution is 7.80. The Morgan fingerprint density at radius 2 is 1.73 bits per heavy atom. The highest BCUT2D eigenvalue weighted by Crippen LogP contribution is 2.29. The Hall–Kier alpha value is -2.47. The van der Waals surface area contributed by atoms with E-state index < -0.39 is 0 Å². The van der Waals surface area contributed by atoms with E-state index >= 15 is 0 Å². The molecule has 0 atom stereocenters. The molecule has 0 spiro atoms. The number of nitrogens with zero attached hydrogens (tertiary/aromatic N) is 2. The van der Waals surface area contributed by atoms with E-state index in [1.165, 1.54) is 11.3 Å². The zero-order valence-electron chi connectivity index (χ0n) is 15.5. The number of thiocarbonyl (C=S) groups is 1. The van der Waals surface area contributed by atoms with Crippen LogP contribution in [0.25, 0.3) is 0 Å². The third-order valence-corrected chi connectivity index (χ3v) is 5.03. The van der Waals surface area contributed by atoms with Gasteiger partial charge in [-0.2, -0.15) is 0 Å². The molecule has 1 saturated heterocycles. The van der Waals surface area contributed by atoms with Gasteiger partial charge in [0.1, 0.15) is 11.5 Å². The summed E-state index contributed by atoms with van der Waals surface area (Å²) >= 11 is 5.62. The summed E-state index contributed by atoms with van der Waals surface area (Å²) in [5.41, 5.74) is 3.46. The van der Waals surface area contributed by atoms with E-state index in [4.69, 9.17) is 21.7 Å². The van der Waals surface area contributed by atoms with Crippen molar-refractivity contribution in [1.82, 2.24) is 4.90 Å². The summed E-state index contributed by atoms with van der Waals surface area (Å²) < 4.78 is 10.7. The normalized spacial score (nSPS) is 14.1. The van der Waals surface area contributed by atoms with Crippen molar-refractivity contribution in [1.29, 1.82) is 0 Å². The molecule has 0 radical (unpaired) electrons. The summed E-state index contributed by atoms with van der Waals surface area (Å²) in [6, 6.07) is 14.2. The molecule has 1 aliphatic heterocycles. The van der Waals surface area contributed by atoms with Gasteiger partial charge in [0.2, 0.25) is 0 Å². The molecule has 1 aliphatic rings. The van der Waals surface area contributed by atoms with Crippen molar-refractivity contribution in [3.05, 3.63) is 48.0 Å². The standard InChI is InChI=1S/C20H25N3O2S/c1-15-6-4-5-7-18(15)22-10-12-23(13-11-22)20(26)21-17-9-8-16(24-2)14-19(17)25-3/h4-9,14H,10-13H2,1-3H3,(H,21,26). The molecule has 0 aromatic heterocycles. The third-order valence-electron chi connectivity index (χ3n) is 4.67. The smallest absolute Gasteiger partial charge is 0.173 e. The first kappa shape index (κ1) is 18.3.